The number of rotatable bonds is 6. The van der Waals surface area contributed by atoms with Crippen molar-refractivity contribution in [2.45, 2.75) is 24.9 Å². The molecule has 0 saturated heterocycles. The lowest BCUT2D eigenvalue weighted by molar-refractivity contribution is -0.137. The average Bonchev–Trinajstić information content (AvgIpc) is 3.19. The van der Waals surface area contributed by atoms with Crippen molar-refractivity contribution in [1.82, 2.24) is 5.32 Å². The lowest BCUT2D eigenvalue weighted by atomic mass is 9.95. The molecule has 0 saturated carbocycles. The topological polar surface area (TPSA) is 33.6 Å². The number of nitrogens with one attached hydrogen (secondary N) is 1. The monoisotopic (exact) mass is 446 g/mol. The number of aliphatic imine (C=N–C) groups is 1. The molecular formula is C24H22ClF3N2O. The van der Waals surface area contributed by atoms with Crippen molar-refractivity contribution < 1.29 is 17.9 Å². The predicted molar refractivity (Wildman–Crippen MR) is 117 cm³/mol. The van der Waals surface area contributed by atoms with Crippen LogP contribution in [-0.4, -0.2) is 12.4 Å². The van der Waals surface area contributed by atoms with E-state index in [4.69, 9.17) is 9.73 Å². The number of nitrogens with zero attached hydrogens (tertiary/aromatic N) is 1. The van der Waals surface area contributed by atoms with Crippen molar-refractivity contribution in [3.8, 4) is 0 Å². The molecule has 0 fully saturated rings. The number of halogens is 4. The Kier molecular flexibility index (Phi) is 7.36. The lowest BCUT2D eigenvalue weighted by Crippen LogP contribution is -2.27. The van der Waals surface area contributed by atoms with Crippen molar-refractivity contribution in [2.75, 3.05) is 6.61 Å². The van der Waals surface area contributed by atoms with Crippen LogP contribution in [0.15, 0.2) is 89.9 Å². The Hall–Kier alpha value is -2.83. The Bertz CT molecular complexity index is 1010. The molecule has 1 N–H and O–H groups in total. The summed E-state index contributed by atoms with van der Waals surface area (Å²) in [6.45, 7) is 0.277. The van der Waals surface area contributed by atoms with E-state index in [1.165, 1.54) is 6.07 Å². The molecule has 0 aliphatic carbocycles. The van der Waals surface area contributed by atoms with Gasteiger partial charge in [-0.15, -0.1) is 12.4 Å². The molecule has 7 heteroatoms. The molecule has 0 amide bonds. The summed E-state index contributed by atoms with van der Waals surface area (Å²) in [5.41, 5.74) is 2.01. The molecule has 2 unspecified atom stereocenters. The maximum absolute atomic E-state index is 12.9. The largest absolute Gasteiger partial charge is 0.416 e. The molecule has 0 aromatic heterocycles. The van der Waals surface area contributed by atoms with Crippen LogP contribution < -0.4 is 5.32 Å². The molecule has 162 valence electrons. The van der Waals surface area contributed by atoms with Crippen molar-refractivity contribution in [3.05, 3.63) is 107 Å². The first kappa shape index (κ1) is 22.8. The maximum atomic E-state index is 12.9. The third-order valence-corrected chi connectivity index (χ3v) is 4.99. The Balaban J connectivity index is 0.00000272. The molecule has 3 aromatic carbocycles. The second kappa shape index (κ2) is 9.98. The Labute approximate surface area is 185 Å². The standard InChI is InChI=1S/C24H21F3N2O.ClH/c25-24(26,27)20-13-7-8-17(14-20)15-30-16-21-28-22(18-9-3-1-4-10-18)23(29-21)19-11-5-2-6-12-19;/h1-14,22-23H,15-16H2,(H,28,29);1H. The highest BCUT2D eigenvalue weighted by atomic mass is 35.5. The van der Waals surface area contributed by atoms with Crippen LogP contribution in [0.1, 0.15) is 34.3 Å². The van der Waals surface area contributed by atoms with Crippen LogP contribution in [0.5, 0.6) is 0 Å². The van der Waals surface area contributed by atoms with Gasteiger partial charge in [-0.25, -0.2) is 0 Å². The highest BCUT2D eigenvalue weighted by Gasteiger charge is 2.31. The number of hydrogen-bond donors (Lipinski definition) is 1. The van der Waals surface area contributed by atoms with Gasteiger partial charge in [0.15, 0.2) is 0 Å². The van der Waals surface area contributed by atoms with Crippen LogP contribution in [-0.2, 0) is 17.5 Å². The van der Waals surface area contributed by atoms with Crippen molar-refractivity contribution in [1.29, 1.82) is 0 Å². The van der Waals surface area contributed by atoms with Gasteiger partial charge < -0.3 is 10.1 Å². The molecular weight excluding hydrogens is 425 g/mol. The van der Waals surface area contributed by atoms with Crippen molar-refractivity contribution in [3.63, 3.8) is 0 Å². The molecule has 3 aromatic rings. The Morgan fingerprint density at radius 3 is 2.10 bits per heavy atom. The van der Waals surface area contributed by atoms with Gasteiger partial charge in [0.2, 0.25) is 0 Å². The van der Waals surface area contributed by atoms with Gasteiger partial charge in [-0.1, -0.05) is 72.8 Å². The molecule has 0 spiro atoms. The minimum Gasteiger partial charge on any atom is -0.369 e. The van der Waals surface area contributed by atoms with Crippen LogP contribution in [0.3, 0.4) is 0 Å². The molecule has 3 nitrogen and oxygen atoms in total. The number of benzene rings is 3. The molecule has 2 atom stereocenters. The first-order chi connectivity index (χ1) is 14.5. The molecule has 1 heterocycles. The van der Waals surface area contributed by atoms with Gasteiger partial charge in [0.05, 0.1) is 18.2 Å². The van der Waals surface area contributed by atoms with E-state index in [2.05, 4.69) is 17.4 Å². The second-order valence-corrected chi connectivity index (χ2v) is 7.15. The lowest BCUT2D eigenvalue weighted by Gasteiger charge is -2.19. The molecule has 1 aliphatic heterocycles. The zero-order valence-electron chi connectivity index (χ0n) is 16.5. The average molecular weight is 447 g/mol. The van der Waals surface area contributed by atoms with Crippen LogP contribution >= 0.6 is 12.4 Å². The van der Waals surface area contributed by atoms with Crippen LogP contribution in [0, 0.1) is 0 Å². The van der Waals surface area contributed by atoms with E-state index in [1.807, 2.05) is 48.5 Å². The fourth-order valence-corrected chi connectivity index (χ4v) is 3.56. The maximum Gasteiger partial charge on any atom is 0.416 e. The second-order valence-electron chi connectivity index (χ2n) is 7.15. The first-order valence-corrected chi connectivity index (χ1v) is 9.68. The van der Waals surface area contributed by atoms with Crippen molar-refractivity contribution in [2.24, 2.45) is 4.99 Å². The number of hydrogen-bond acceptors (Lipinski definition) is 3. The summed E-state index contributed by atoms with van der Waals surface area (Å²) in [6, 6.07) is 25.1. The summed E-state index contributed by atoms with van der Waals surface area (Å²) in [4.78, 5) is 4.80. The summed E-state index contributed by atoms with van der Waals surface area (Å²) in [7, 11) is 0. The molecule has 31 heavy (non-hydrogen) atoms. The SMILES string of the molecule is Cl.FC(F)(F)c1cccc(COCC2=NC(c3ccccc3)C(c3ccccc3)N2)c1. The summed E-state index contributed by atoms with van der Waals surface area (Å²) in [6.07, 6.45) is -4.36. The van der Waals surface area contributed by atoms with E-state index in [0.29, 0.717) is 11.4 Å². The molecule has 1 aliphatic rings. The van der Waals surface area contributed by atoms with E-state index in [-0.39, 0.29) is 37.7 Å². The van der Waals surface area contributed by atoms with Gasteiger partial charge in [0, 0.05) is 0 Å². The summed E-state index contributed by atoms with van der Waals surface area (Å²) in [5.74, 6) is 0.685. The highest BCUT2D eigenvalue weighted by Crippen LogP contribution is 2.36. The van der Waals surface area contributed by atoms with Gasteiger partial charge >= 0.3 is 6.18 Å². The van der Waals surface area contributed by atoms with Crippen LogP contribution in [0.2, 0.25) is 0 Å². The van der Waals surface area contributed by atoms with E-state index < -0.39 is 11.7 Å². The van der Waals surface area contributed by atoms with E-state index in [9.17, 15) is 13.2 Å². The third kappa shape index (κ3) is 5.66. The van der Waals surface area contributed by atoms with Gasteiger partial charge in [-0.2, -0.15) is 13.2 Å². The Morgan fingerprint density at radius 2 is 1.45 bits per heavy atom. The van der Waals surface area contributed by atoms with Gasteiger partial charge in [0.1, 0.15) is 18.5 Å². The Morgan fingerprint density at radius 1 is 0.806 bits per heavy atom. The number of alkyl halides is 3. The summed E-state index contributed by atoms with van der Waals surface area (Å²) in [5, 5.41) is 3.42. The zero-order chi connectivity index (χ0) is 21.0. The van der Waals surface area contributed by atoms with E-state index in [1.54, 1.807) is 6.07 Å². The first-order valence-electron chi connectivity index (χ1n) is 9.68. The number of amidine groups is 1. The molecule has 0 radical (unpaired) electrons. The minimum absolute atomic E-state index is 0. The summed E-state index contributed by atoms with van der Waals surface area (Å²) < 4.78 is 44.3. The smallest absolute Gasteiger partial charge is 0.369 e. The van der Waals surface area contributed by atoms with E-state index >= 15 is 0 Å². The van der Waals surface area contributed by atoms with E-state index in [0.717, 1.165) is 23.3 Å². The zero-order valence-corrected chi connectivity index (χ0v) is 17.4. The highest BCUT2D eigenvalue weighted by molar-refractivity contribution is 5.86. The quantitative estimate of drug-likeness (QED) is 0.494. The van der Waals surface area contributed by atoms with Gasteiger partial charge in [0.25, 0.3) is 0 Å². The molecule has 4 rings (SSSR count). The number of ether oxygens (including phenoxy) is 1. The summed E-state index contributed by atoms with van der Waals surface area (Å²) >= 11 is 0. The van der Waals surface area contributed by atoms with Gasteiger partial charge in [-0.05, 0) is 28.8 Å². The van der Waals surface area contributed by atoms with Gasteiger partial charge in [-0.3, -0.25) is 4.99 Å². The van der Waals surface area contributed by atoms with Crippen molar-refractivity contribution >= 4 is 18.2 Å². The molecule has 0 bridgehead atoms. The van der Waals surface area contributed by atoms with Crippen LogP contribution in [0.25, 0.3) is 0 Å². The predicted octanol–water partition coefficient (Wildman–Crippen LogP) is 6.13. The fourth-order valence-electron chi connectivity index (χ4n) is 3.56. The fraction of sp³-hybridized carbons (Fsp3) is 0.208. The minimum atomic E-state index is -4.36. The normalized spacial score (nSPS) is 18.1. The third-order valence-electron chi connectivity index (χ3n) is 4.99. The van der Waals surface area contributed by atoms with Crippen LogP contribution in [0.4, 0.5) is 13.2 Å².